The normalized spacial score (nSPS) is 12.2. The lowest BCUT2D eigenvalue weighted by Gasteiger charge is -1.99. The molecular formula is C6H13NO. The van der Waals surface area contributed by atoms with Crippen molar-refractivity contribution in [3.8, 4) is 0 Å². The van der Waals surface area contributed by atoms with Gasteiger partial charge in [0, 0.05) is 0 Å². The lowest BCUT2D eigenvalue weighted by Crippen LogP contribution is -2.00. The highest BCUT2D eigenvalue weighted by molar-refractivity contribution is 4.88. The van der Waals surface area contributed by atoms with Crippen LogP contribution in [-0.4, -0.2) is 7.11 Å². The van der Waals surface area contributed by atoms with Crippen LogP contribution in [0.25, 0.3) is 0 Å². The predicted molar refractivity (Wildman–Crippen MR) is 34.1 cm³/mol. The van der Waals surface area contributed by atoms with Crippen LogP contribution in [0, 0.1) is 5.92 Å². The van der Waals surface area contributed by atoms with Crippen molar-refractivity contribution in [1.29, 1.82) is 0 Å². The third-order valence-electron chi connectivity index (χ3n) is 0.733. The fourth-order valence-corrected chi connectivity index (χ4v) is 0.397. The molecule has 0 aromatic carbocycles. The SMILES string of the molecule is CO/C(N)=C/C(C)C. The average Bonchev–Trinajstić information content (AvgIpc) is 1.65. The third kappa shape index (κ3) is 3.53. The van der Waals surface area contributed by atoms with Crippen LogP contribution in [0.3, 0.4) is 0 Å². The van der Waals surface area contributed by atoms with E-state index in [4.69, 9.17) is 10.5 Å². The first kappa shape index (κ1) is 7.34. The Balaban J connectivity index is 3.56. The van der Waals surface area contributed by atoms with Gasteiger partial charge in [-0.1, -0.05) is 13.8 Å². The summed E-state index contributed by atoms with van der Waals surface area (Å²) in [7, 11) is 1.56. The van der Waals surface area contributed by atoms with Gasteiger partial charge in [0.1, 0.15) is 0 Å². The summed E-state index contributed by atoms with van der Waals surface area (Å²) in [5, 5.41) is 0. The molecule has 0 aliphatic rings. The first-order valence-electron chi connectivity index (χ1n) is 2.68. The van der Waals surface area contributed by atoms with Crippen LogP contribution in [-0.2, 0) is 4.74 Å². The Hall–Kier alpha value is -0.660. The molecule has 48 valence electrons. The van der Waals surface area contributed by atoms with E-state index in [9.17, 15) is 0 Å². The molecule has 0 rings (SSSR count). The van der Waals surface area contributed by atoms with Gasteiger partial charge in [-0.05, 0) is 12.0 Å². The van der Waals surface area contributed by atoms with Gasteiger partial charge in [0.2, 0.25) is 0 Å². The maximum atomic E-state index is 5.31. The van der Waals surface area contributed by atoms with E-state index < -0.39 is 0 Å². The monoisotopic (exact) mass is 115 g/mol. The Kier molecular flexibility index (Phi) is 3.08. The van der Waals surface area contributed by atoms with Crippen molar-refractivity contribution in [2.75, 3.05) is 7.11 Å². The molecule has 0 fully saturated rings. The number of rotatable bonds is 2. The number of nitrogens with two attached hydrogens (primary N) is 1. The van der Waals surface area contributed by atoms with Gasteiger partial charge in [0.05, 0.1) is 7.11 Å². The Labute approximate surface area is 50.3 Å². The number of hydrogen-bond acceptors (Lipinski definition) is 2. The minimum absolute atomic E-state index is 0.468. The summed E-state index contributed by atoms with van der Waals surface area (Å²) < 4.78 is 4.70. The van der Waals surface area contributed by atoms with Crippen molar-refractivity contribution in [3.05, 3.63) is 12.0 Å². The molecule has 0 heterocycles. The second-order valence-electron chi connectivity index (χ2n) is 2.02. The van der Waals surface area contributed by atoms with Gasteiger partial charge in [0.15, 0.2) is 5.88 Å². The summed E-state index contributed by atoms with van der Waals surface area (Å²) in [5.74, 6) is 0.968. The van der Waals surface area contributed by atoms with E-state index in [1.165, 1.54) is 0 Å². The van der Waals surface area contributed by atoms with Crippen LogP contribution in [0.5, 0.6) is 0 Å². The number of allylic oxidation sites excluding steroid dienone is 1. The van der Waals surface area contributed by atoms with Crippen LogP contribution in [0.15, 0.2) is 12.0 Å². The molecule has 0 saturated carbocycles. The minimum atomic E-state index is 0.468. The van der Waals surface area contributed by atoms with E-state index in [2.05, 4.69) is 0 Å². The molecule has 0 amide bonds. The predicted octanol–water partition coefficient (Wildman–Crippen LogP) is 1.09. The lowest BCUT2D eigenvalue weighted by molar-refractivity contribution is 0.284. The second-order valence-corrected chi connectivity index (χ2v) is 2.02. The van der Waals surface area contributed by atoms with E-state index in [0.717, 1.165) is 0 Å². The minimum Gasteiger partial charge on any atom is -0.483 e. The maximum absolute atomic E-state index is 5.31. The van der Waals surface area contributed by atoms with E-state index in [1.54, 1.807) is 7.11 Å². The number of hydrogen-bond donors (Lipinski definition) is 1. The van der Waals surface area contributed by atoms with Crippen molar-refractivity contribution in [2.45, 2.75) is 13.8 Å². The van der Waals surface area contributed by atoms with Crippen LogP contribution >= 0.6 is 0 Å². The molecule has 0 bridgehead atoms. The van der Waals surface area contributed by atoms with Gasteiger partial charge in [0.25, 0.3) is 0 Å². The molecule has 8 heavy (non-hydrogen) atoms. The molecule has 0 saturated heterocycles. The second kappa shape index (κ2) is 3.36. The van der Waals surface area contributed by atoms with Gasteiger partial charge in [-0.3, -0.25) is 0 Å². The van der Waals surface area contributed by atoms with Crippen LogP contribution < -0.4 is 5.73 Å². The average molecular weight is 115 g/mol. The van der Waals surface area contributed by atoms with Gasteiger partial charge in [-0.15, -0.1) is 0 Å². The van der Waals surface area contributed by atoms with E-state index >= 15 is 0 Å². The topological polar surface area (TPSA) is 35.2 Å². The number of methoxy groups -OCH3 is 1. The molecule has 0 aromatic heterocycles. The smallest absolute Gasteiger partial charge is 0.179 e. The lowest BCUT2D eigenvalue weighted by atomic mass is 10.2. The third-order valence-corrected chi connectivity index (χ3v) is 0.733. The zero-order valence-corrected chi connectivity index (χ0v) is 5.64. The van der Waals surface area contributed by atoms with E-state index in [1.807, 2.05) is 19.9 Å². The number of ether oxygens (including phenoxy) is 1. The molecule has 0 aromatic rings. The van der Waals surface area contributed by atoms with Crippen molar-refractivity contribution >= 4 is 0 Å². The van der Waals surface area contributed by atoms with E-state index in [-0.39, 0.29) is 0 Å². The molecule has 2 nitrogen and oxygen atoms in total. The van der Waals surface area contributed by atoms with Gasteiger partial charge < -0.3 is 10.5 Å². The molecular weight excluding hydrogens is 102 g/mol. The molecule has 0 spiro atoms. The van der Waals surface area contributed by atoms with E-state index in [0.29, 0.717) is 11.8 Å². The molecule has 0 atom stereocenters. The highest BCUT2D eigenvalue weighted by Crippen LogP contribution is 1.95. The molecule has 2 heteroatoms. The molecule has 0 aliphatic heterocycles. The van der Waals surface area contributed by atoms with Crippen LogP contribution in [0.2, 0.25) is 0 Å². The fraction of sp³-hybridized carbons (Fsp3) is 0.667. The largest absolute Gasteiger partial charge is 0.483 e. The molecule has 0 unspecified atom stereocenters. The Bertz CT molecular complexity index is 86.5. The Morgan fingerprint density at radius 2 is 2.12 bits per heavy atom. The first-order valence-corrected chi connectivity index (χ1v) is 2.68. The standard InChI is InChI=1S/C6H13NO/c1-5(2)4-6(7)8-3/h4-5H,7H2,1-3H3/b6-4+. The first-order chi connectivity index (χ1) is 3.66. The zero-order chi connectivity index (χ0) is 6.57. The zero-order valence-electron chi connectivity index (χ0n) is 5.64. The molecule has 2 N–H and O–H groups in total. The summed E-state index contributed by atoms with van der Waals surface area (Å²) in [6.07, 6.45) is 1.86. The van der Waals surface area contributed by atoms with Crippen molar-refractivity contribution in [2.24, 2.45) is 11.7 Å². The molecule has 0 aliphatic carbocycles. The summed E-state index contributed by atoms with van der Waals surface area (Å²) in [4.78, 5) is 0. The Morgan fingerprint density at radius 3 is 2.25 bits per heavy atom. The highest BCUT2D eigenvalue weighted by Gasteiger charge is 1.87. The van der Waals surface area contributed by atoms with Crippen LogP contribution in [0.1, 0.15) is 13.8 Å². The summed E-state index contributed by atoms with van der Waals surface area (Å²) >= 11 is 0. The highest BCUT2D eigenvalue weighted by atomic mass is 16.5. The van der Waals surface area contributed by atoms with Crippen molar-refractivity contribution < 1.29 is 4.74 Å². The summed E-state index contributed by atoms with van der Waals surface area (Å²) in [6, 6.07) is 0. The van der Waals surface area contributed by atoms with Crippen molar-refractivity contribution in [3.63, 3.8) is 0 Å². The van der Waals surface area contributed by atoms with Crippen LogP contribution in [0.4, 0.5) is 0 Å². The fourth-order valence-electron chi connectivity index (χ4n) is 0.397. The van der Waals surface area contributed by atoms with Gasteiger partial charge in [-0.2, -0.15) is 0 Å². The maximum Gasteiger partial charge on any atom is 0.179 e. The summed E-state index contributed by atoms with van der Waals surface area (Å²) in [6.45, 7) is 4.10. The van der Waals surface area contributed by atoms with Gasteiger partial charge >= 0.3 is 0 Å². The Morgan fingerprint density at radius 1 is 1.62 bits per heavy atom. The van der Waals surface area contributed by atoms with Gasteiger partial charge in [-0.25, -0.2) is 0 Å². The quantitative estimate of drug-likeness (QED) is 0.547. The van der Waals surface area contributed by atoms with Crippen molar-refractivity contribution in [1.82, 2.24) is 0 Å². The molecule has 0 radical (unpaired) electrons. The summed E-state index contributed by atoms with van der Waals surface area (Å²) in [5.41, 5.74) is 5.31.